The molecule has 0 unspecified atom stereocenters. The molecule has 0 fully saturated rings. The number of amides is 2. The number of hydrogen-bond acceptors (Lipinski definition) is 4. The second-order valence-corrected chi connectivity index (χ2v) is 9.93. The van der Waals surface area contributed by atoms with E-state index >= 15 is 0 Å². The van der Waals surface area contributed by atoms with E-state index in [1.165, 1.54) is 0 Å². The van der Waals surface area contributed by atoms with Gasteiger partial charge in [-0.1, -0.05) is 18.2 Å². The highest BCUT2D eigenvalue weighted by molar-refractivity contribution is 5.99. The summed E-state index contributed by atoms with van der Waals surface area (Å²) < 4.78 is 6.03. The minimum absolute atomic E-state index is 0.149. The summed E-state index contributed by atoms with van der Waals surface area (Å²) in [4.78, 5) is 29.4. The number of hydrogen-bond donors (Lipinski definition) is 1. The fourth-order valence-corrected chi connectivity index (χ4v) is 4.31. The molecule has 3 aliphatic rings. The maximum absolute atomic E-state index is 13.1. The van der Waals surface area contributed by atoms with E-state index in [1.807, 2.05) is 65.8 Å². The van der Waals surface area contributed by atoms with Gasteiger partial charge in [-0.2, -0.15) is 0 Å². The summed E-state index contributed by atoms with van der Waals surface area (Å²) in [6.45, 7) is 12.6. The van der Waals surface area contributed by atoms with E-state index in [9.17, 15) is 14.7 Å². The molecule has 0 saturated carbocycles. The zero-order valence-electron chi connectivity index (χ0n) is 17.9. The van der Waals surface area contributed by atoms with E-state index in [0.717, 1.165) is 11.1 Å². The summed E-state index contributed by atoms with van der Waals surface area (Å²) in [5, 5.41) is 10.8. The van der Waals surface area contributed by atoms with Crippen molar-refractivity contribution in [3.63, 3.8) is 0 Å². The van der Waals surface area contributed by atoms with Crippen molar-refractivity contribution >= 4 is 11.8 Å². The first-order valence-electron chi connectivity index (χ1n) is 9.97. The number of nitrogens with zero attached hydrogens (tertiary/aromatic N) is 2. The van der Waals surface area contributed by atoms with E-state index in [2.05, 4.69) is 0 Å². The van der Waals surface area contributed by atoms with Gasteiger partial charge in [0.15, 0.2) is 11.5 Å². The van der Waals surface area contributed by atoms with Crippen LogP contribution in [0.1, 0.15) is 53.0 Å². The van der Waals surface area contributed by atoms with Crippen LogP contribution in [0.3, 0.4) is 0 Å². The van der Waals surface area contributed by atoms with E-state index < -0.39 is 5.54 Å². The molecule has 1 atom stereocenters. The molecular weight excluding hydrogens is 368 g/mol. The highest BCUT2D eigenvalue weighted by Gasteiger charge is 2.48. The summed E-state index contributed by atoms with van der Waals surface area (Å²) in [5.74, 6) is -0.162. The third-order valence-corrected chi connectivity index (χ3v) is 5.90. The average molecular weight is 396 g/mol. The molecule has 0 radical (unpaired) electrons. The first-order chi connectivity index (χ1) is 13.4. The molecule has 1 aromatic carbocycles. The summed E-state index contributed by atoms with van der Waals surface area (Å²) >= 11 is 0. The number of ether oxygens (including phenoxy) is 1. The van der Waals surface area contributed by atoms with Gasteiger partial charge in [0, 0.05) is 46.8 Å². The van der Waals surface area contributed by atoms with Gasteiger partial charge in [-0.15, -0.1) is 0 Å². The Labute approximate surface area is 171 Å². The molecule has 4 rings (SSSR count). The normalized spacial score (nSPS) is 22.3. The number of benzene rings is 1. The van der Waals surface area contributed by atoms with Crippen LogP contribution in [0.15, 0.2) is 46.9 Å². The number of fused-ring (bicyclic) bond motifs is 1. The van der Waals surface area contributed by atoms with Crippen molar-refractivity contribution in [1.82, 2.24) is 9.80 Å². The lowest BCUT2D eigenvalue weighted by Gasteiger charge is -2.34. The van der Waals surface area contributed by atoms with Crippen LogP contribution < -0.4 is 4.74 Å². The van der Waals surface area contributed by atoms with Crippen LogP contribution in [0.25, 0.3) is 0 Å². The van der Waals surface area contributed by atoms with Crippen molar-refractivity contribution < 1.29 is 19.4 Å². The highest BCUT2D eigenvalue weighted by atomic mass is 16.5. The highest BCUT2D eigenvalue weighted by Crippen LogP contribution is 2.49. The Morgan fingerprint density at radius 2 is 1.45 bits per heavy atom. The van der Waals surface area contributed by atoms with Crippen LogP contribution in [0.2, 0.25) is 0 Å². The Bertz CT molecular complexity index is 975. The third kappa shape index (κ3) is 2.93. The molecule has 29 heavy (non-hydrogen) atoms. The molecule has 2 amide bonds. The molecule has 6 nitrogen and oxygen atoms in total. The predicted molar refractivity (Wildman–Crippen MR) is 109 cm³/mol. The van der Waals surface area contributed by atoms with Crippen molar-refractivity contribution in [2.75, 3.05) is 13.1 Å². The maximum atomic E-state index is 13.1. The number of rotatable bonds is 1. The molecule has 0 saturated heterocycles. The minimum Gasteiger partial charge on any atom is -0.503 e. The summed E-state index contributed by atoms with van der Waals surface area (Å²) in [6.07, 6.45) is 0. The molecule has 0 spiro atoms. The average Bonchev–Trinajstić information content (AvgIpc) is 3.11. The van der Waals surface area contributed by atoms with Crippen LogP contribution in [-0.4, -0.2) is 50.9 Å². The molecule has 3 aliphatic heterocycles. The maximum Gasteiger partial charge on any atom is 0.290 e. The van der Waals surface area contributed by atoms with Crippen LogP contribution in [-0.2, 0) is 9.59 Å². The number of carbonyl (C=O) groups is 2. The number of aliphatic hydroxyl groups is 1. The van der Waals surface area contributed by atoms with Crippen molar-refractivity contribution in [3.05, 3.63) is 52.5 Å². The van der Waals surface area contributed by atoms with Crippen molar-refractivity contribution in [2.45, 2.75) is 58.5 Å². The molecule has 0 bridgehead atoms. The number of para-hydroxylation sites is 1. The zero-order valence-corrected chi connectivity index (χ0v) is 17.9. The zero-order chi connectivity index (χ0) is 21.3. The quantitative estimate of drug-likeness (QED) is 0.789. The summed E-state index contributed by atoms with van der Waals surface area (Å²) in [6, 6.07) is 7.54. The first-order valence-corrected chi connectivity index (χ1v) is 9.97. The second kappa shape index (κ2) is 6.12. The molecule has 6 heteroatoms. The Hall–Kier alpha value is -2.76. The molecule has 1 N–H and O–H groups in total. The van der Waals surface area contributed by atoms with Gasteiger partial charge in [0.1, 0.15) is 5.75 Å². The van der Waals surface area contributed by atoms with Gasteiger partial charge in [-0.05, 0) is 47.6 Å². The first kappa shape index (κ1) is 19.6. The minimum atomic E-state index is -0.419. The van der Waals surface area contributed by atoms with Gasteiger partial charge < -0.3 is 19.6 Å². The molecule has 154 valence electrons. The summed E-state index contributed by atoms with van der Waals surface area (Å²) in [7, 11) is 0. The second-order valence-electron chi connectivity index (χ2n) is 9.93. The fraction of sp³-hybridized carbons (Fsp3) is 0.478. The van der Waals surface area contributed by atoms with Crippen molar-refractivity contribution in [2.24, 2.45) is 0 Å². The van der Waals surface area contributed by atoms with Gasteiger partial charge >= 0.3 is 0 Å². The van der Waals surface area contributed by atoms with Gasteiger partial charge in [-0.3, -0.25) is 9.59 Å². The van der Waals surface area contributed by atoms with Crippen LogP contribution in [0.4, 0.5) is 0 Å². The lowest BCUT2D eigenvalue weighted by Crippen LogP contribution is -2.44. The van der Waals surface area contributed by atoms with E-state index in [4.69, 9.17) is 4.74 Å². The van der Waals surface area contributed by atoms with Crippen LogP contribution in [0.5, 0.6) is 5.75 Å². The SMILES string of the molecule is CC(C)(C)N1CC([C@H]2C3=C(Oc4ccccc42)C(=O)N(C(C)(C)C)C3)=C(O)C1=O. The van der Waals surface area contributed by atoms with Crippen LogP contribution in [0, 0.1) is 0 Å². The van der Waals surface area contributed by atoms with Gasteiger partial charge in [0.05, 0.1) is 0 Å². The lowest BCUT2D eigenvalue weighted by atomic mass is 9.82. The predicted octanol–water partition coefficient (Wildman–Crippen LogP) is 3.51. The topological polar surface area (TPSA) is 70.1 Å². The summed E-state index contributed by atoms with van der Waals surface area (Å²) in [5.41, 5.74) is 1.54. The van der Waals surface area contributed by atoms with Gasteiger partial charge in [0.2, 0.25) is 0 Å². The molecule has 0 aromatic heterocycles. The Morgan fingerprint density at radius 1 is 0.897 bits per heavy atom. The number of aliphatic hydroxyl groups excluding tert-OH is 1. The van der Waals surface area contributed by atoms with Crippen molar-refractivity contribution in [1.29, 1.82) is 0 Å². The largest absolute Gasteiger partial charge is 0.503 e. The smallest absolute Gasteiger partial charge is 0.290 e. The molecule has 1 aromatic rings. The molecular formula is C23H28N2O4. The van der Waals surface area contributed by atoms with Gasteiger partial charge in [-0.25, -0.2) is 0 Å². The van der Waals surface area contributed by atoms with E-state index in [-0.39, 0.29) is 29.0 Å². The van der Waals surface area contributed by atoms with Gasteiger partial charge in [0.25, 0.3) is 11.8 Å². The number of carbonyl (C=O) groups excluding carboxylic acids is 2. The fourth-order valence-electron chi connectivity index (χ4n) is 4.31. The van der Waals surface area contributed by atoms with E-state index in [0.29, 0.717) is 30.2 Å². The lowest BCUT2D eigenvalue weighted by molar-refractivity contribution is -0.132. The standard InChI is InChI=1S/C23H28N2O4/c1-22(2,3)24-11-14(18(26)20(24)27)17-13-9-7-8-10-16(13)29-19-15(17)12-25(21(19)28)23(4,5)6/h7-10,17,26H,11-12H2,1-6H3/t17-/m0/s1. The third-order valence-electron chi connectivity index (χ3n) is 5.90. The Kier molecular flexibility index (Phi) is 4.12. The van der Waals surface area contributed by atoms with Crippen molar-refractivity contribution in [3.8, 4) is 5.75 Å². The monoisotopic (exact) mass is 396 g/mol. The Morgan fingerprint density at radius 3 is 2.03 bits per heavy atom. The van der Waals surface area contributed by atoms with Crippen LogP contribution >= 0.6 is 0 Å². The molecule has 3 heterocycles. The van der Waals surface area contributed by atoms with E-state index in [1.54, 1.807) is 9.80 Å². The Balaban J connectivity index is 1.84. The molecule has 0 aliphatic carbocycles.